The molecule has 2 rings (SSSR count). The number of amides is 1. The van der Waals surface area contributed by atoms with Crippen molar-refractivity contribution < 1.29 is 4.79 Å². The van der Waals surface area contributed by atoms with Gasteiger partial charge in [-0.3, -0.25) is 9.79 Å². The summed E-state index contributed by atoms with van der Waals surface area (Å²) in [5.74, 6) is -0.557. The molecule has 0 fully saturated rings. The van der Waals surface area contributed by atoms with Crippen LogP contribution in [0.15, 0.2) is 26.9 Å². The maximum Gasteiger partial charge on any atom is 0.286 e. The van der Waals surface area contributed by atoms with Crippen molar-refractivity contribution in [1.29, 1.82) is 0 Å². The van der Waals surface area contributed by atoms with Gasteiger partial charge in [0.15, 0.2) is 0 Å². The minimum absolute atomic E-state index is 0. The molecule has 0 bridgehead atoms. The molecule has 70 valence electrons. The lowest BCUT2D eigenvalue weighted by atomic mass is 10.4. The number of nitrogens with two attached hydrogens (primary N) is 1. The molecule has 2 N–H and O–H groups in total. The average molecular weight is 221 g/mol. The van der Waals surface area contributed by atoms with Gasteiger partial charge in [0.2, 0.25) is 5.84 Å². The van der Waals surface area contributed by atoms with Crippen molar-refractivity contribution in [2.75, 3.05) is 0 Å². The van der Waals surface area contributed by atoms with Gasteiger partial charge in [0.1, 0.15) is 11.4 Å². The van der Waals surface area contributed by atoms with E-state index in [1.54, 1.807) is 0 Å². The third-order valence-electron chi connectivity index (χ3n) is 1.33. The van der Waals surface area contributed by atoms with Crippen LogP contribution in [0.4, 0.5) is 0 Å². The second kappa shape index (κ2) is 4.15. The highest BCUT2D eigenvalue weighted by atomic mass is 35.5. The van der Waals surface area contributed by atoms with Crippen molar-refractivity contribution in [2.45, 2.75) is 0 Å². The zero-order valence-electron chi connectivity index (χ0n) is 6.30. The first-order valence-electron chi connectivity index (χ1n) is 2.98. The second-order valence-corrected chi connectivity index (χ2v) is 2.09. The predicted octanol–water partition coefficient (Wildman–Crippen LogP) is 0.0942. The molecule has 0 aliphatic carbocycles. The lowest BCUT2D eigenvalue weighted by molar-refractivity contribution is -0.112. The van der Waals surface area contributed by atoms with E-state index in [0.29, 0.717) is 11.4 Å². The molecule has 2 heterocycles. The first-order valence-corrected chi connectivity index (χ1v) is 2.98. The summed E-state index contributed by atoms with van der Waals surface area (Å²) >= 11 is 0. The fraction of sp³-hybridized carbons (Fsp3) is 0. The summed E-state index contributed by atoms with van der Waals surface area (Å²) in [4.78, 5) is 22.0. The van der Waals surface area contributed by atoms with E-state index in [0.717, 1.165) is 0 Å². The van der Waals surface area contributed by atoms with E-state index in [-0.39, 0.29) is 30.6 Å². The van der Waals surface area contributed by atoms with Crippen LogP contribution in [-0.2, 0) is 4.79 Å². The molecular formula is C6H6Cl2N4O. The molecule has 0 radical (unpaired) electrons. The topological polar surface area (TPSA) is 80.2 Å². The first kappa shape index (κ1) is 11.8. The van der Waals surface area contributed by atoms with E-state index >= 15 is 0 Å². The van der Waals surface area contributed by atoms with Gasteiger partial charge in [0.25, 0.3) is 5.91 Å². The summed E-state index contributed by atoms with van der Waals surface area (Å²) in [6, 6.07) is 0. The fourth-order valence-electron chi connectivity index (χ4n) is 0.846. The van der Waals surface area contributed by atoms with Gasteiger partial charge < -0.3 is 5.73 Å². The molecule has 2 aliphatic rings. The van der Waals surface area contributed by atoms with Gasteiger partial charge in [-0.15, -0.1) is 24.8 Å². The Kier molecular flexibility index (Phi) is 3.77. The van der Waals surface area contributed by atoms with Crippen LogP contribution >= 0.6 is 24.8 Å². The third kappa shape index (κ3) is 1.93. The Morgan fingerprint density at radius 2 is 2.00 bits per heavy atom. The molecular weight excluding hydrogens is 215 g/mol. The highest BCUT2D eigenvalue weighted by Crippen LogP contribution is 2.12. The summed E-state index contributed by atoms with van der Waals surface area (Å²) in [5, 5.41) is 0. The lowest BCUT2D eigenvalue weighted by Crippen LogP contribution is -2.20. The summed E-state index contributed by atoms with van der Waals surface area (Å²) in [5.41, 5.74) is 6.17. The van der Waals surface area contributed by atoms with Crippen LogP contribution in [0.3, 0.4) is 0 Å². The van der Waals surface area contributed by atoms with E-state index in [4.69, 9.17) is 5.73 Å². The number of aliphatic imine (C=N–C) groups is 3. The Labute approximate surface area is 86.4 Å². The number of amidine groups is 1. The number of rotatable bonds is 1. The number of allylic oxidation sites excluding steroid dienone is 1. The van der Waals surface area contributed by atoms with E-state index < -0.39 is 5.91 Å². The summed E-state index contributed by atoms with van der Waals surface area (Å²) in [6.07, 6.45) is 3.07. The van der Waals surface area contributed by atoms with Crippen molar-refractivity contribution in [1.82, 2.24) is 0 Å². The highest BCUT2D eigenvalue weighted by Gasteiger charge is 2.20. The van der Waals surface area contributed by atoms with Gasteiger partial charge >= 0.3 is 0 Å². The van der Waals surface area contributed by atoms with Crippen molar-refractivity contribution >= 4 is 48.5 Å². The average Bonchev–Trinajstić information content (AvgIpc) is 2.40. The van der Waals surface area contributed by atoms with Gasteiger partial charge in [-0.1, -0.05) is 0 Å². The quantitative estimate of drug-likeness (QED) is 0.669. The summed E-state index contributed by atoms with van der Waals surface area (Å²) in [6.45, 7) is 0. The van der Waals surface area contributed by atoms with Crippen LogP contribution in [0.5, 0.6) is 0 Å². The molecule has 1 amide bonds. The number of carbonyl (C=O) groups excluding carboxylic acids is 1. The minimum atomic E-state index is -0.610. The van der Waals surface area contributed by atoms with Gasteiger partial charge in [0.05, 0.1) is 12.4 Å². The highest BCUT2D eigenvalue weighted by molar-refractivity contribution is 6.51. The van der Waals surface area contributed by atoms with Crippen LogP contribution in [0.2, 0.25) is 0 Å². The standard InChI is InChI=1S/C6H4N4O.2ClH/c7-5(11)6-9-3-1-8-2-4(3)10-6;;/h1-2H,(H2,7,11);2*1H. The molecule has 0 unspecified atom stereocenters. The Bertz CT molecular complexity index is 356. The van der Waals surface area contributed by atoms with Crippen LogP contribution in [-0.4, -0.2) is 23.7 Å². The van der Waals surface area contributed by atoms with Crippen LogP contribution in [0.1, 0.15) is 0 Å². The molecule has 0 aromatic carbocycles. The lowest BCUT2D eigenvalue weighted by Gasteiger charge is -1.83. The zero-order valence-corrected chi connectivity index (χ0v) is 7.93. The third-order valence-corrected chi connectivity index (χ3v) is 1.33. The fourth-order valence-corrected chi connectivity index (χ4v) is 0.846. The zero-order chi connectivity index (χ0) is 7.84. The number of primary amides is 1. The monoisotopic (exact) mass is 220 g/mol. The molecule has 13 heavy (non-hydrogen) atoms. The van der Waals surface area contributed by atoms with Crippen molar-refractivity contribution in [2.24, 2.45) is 20.7 Å². The Balaban J connectivity index is 0.000000720. The molecule has 7 heteroatoms. The number of nitrogens with zero attached hydrogens (tertiary/aromatic N) is 3. The first-order chi connectivity index (χ1) is 5.27. The van der Waals surface area contributed by atoms with Gasteiger partial charge in [-0.2, -0.15) is 0 Å². The number of hydrogen-bond donors (Lipinski definition) is 1. The number of halogens is 2. The number of hydrogen-bond acceptors (Lipinski definition) is 4. The normalized spacial score (nSPS) is 16.2. The van der Waals surface area contributed by atoms with Gasteiger partial charge in [-0.05, 0) is 0 Å². The maximum absolute atomic E-state index is 10.5. The van der Waals surface area contributed by atoms with Crippen LogP contribution < -0.4 is 5.73 Å². The van der Waals surface area contributed by atoms with Crippen molar-refractivity contribution in [3.63, 3.8) is 0 Å². The minimum Gasteiger partial charge on any atom is -0.363 e. The van der Waals surface area contributed by atoms with E-state index in [1.165, 1.54) is 12.4 Å². The van der Waals surface area contributed by atoms with Crippen LogP contribution in [0.25, 0.3) is 0 Å². The molecule has 2 aliphatic heterocycles. The summed E-state index contributed by atoms with van der Waals surface area (Å²) < 4.78 is 0. The summed E-state index contributed by atoms with van der Waals surface area (Å²) in [7, 11) is 0. The SMILES string of the molecule is Cl.Cl.NC(=O)C1=NC2=CN=CC2=N1. The van der Waals surface area contributed by atoms with Gasteiger partial charge in [0, 0.05) is 0 Å². The number of carbonyl (C=O) groups is 1. The number of fused-ring (bicyclic) bond motifs is 1. The Morgan fingerprint density at radius 3 is 2.54 bits per heavy atom. The van der Waals surface area contributed by atoms with Crippen molar-refractivity contribution in [3.8, 4) is 0 Å². The molecule has 0 aromatic rings. The smallest absolute Gasteiger partial charge is 0.286 e. The van der Waals surface area contributed by atoms with Crippen molar-refractivity contribution in [3.05, 3.63) is 11.9 Å². The second-order valence-electron chi connectivity index (χ2n) is 2.09. The molecule has 0 spiro atoms. The van der Waals surface area contributed by atoms with E-state index in [2.05, 4.69) is 15.0 Å². The molecule has 0 saturated heterocycles. The largest absolute Gasteiger partial charge is 0.363 e. The Morgan fingerprint density at radius 1 is 1.31 bits per heavy atom. The molecule has 0 saturated carbocycles. The van der Waals surface area contributed by atoms with Gasteiger partial charge in [-0.25, -0.2) is 9.98 Å². The van der Waals surface area contributed by atoms with E-state index in [1.807, 2.05) is 0 Å². The molecule has 0 aromatic heterocycles. The predicted molar refractivity (Wildman–Crippen MR) is 55.1 cm³/mol. The Hall–Kier alpha value is -1.20. The maximum atomic E-state index is 10.5. The molecule has 5 nitrogen and oxygen atoms in total. The van der Waals surface area contributed by atoms with Crippen LogP contribution in [0, 0.1) is 0 Å². The molecule has 0 atom stereocenters. The van der Waals surface area contributed by atoms with E-state index in [9.17, 15) is 4.79 Å².